The molecule has 1 saturated heterocycles. The SMILES string of the molecule is CCOC(=O)C1CC(Oc2cc(C3=CN=C4CC=C(S(C)(=O)=O)C=C34)ncn2)CN1C(=O)OC(C)(C)C. The summed E-state index contributed by atoms with van der Waals surface area (Å²) in [5.41, 5.74) is 1.88. The number of rotatable bonds is 6. The van der Waals surface area contributed by atoms with E-state index >= 15 is 0 Å². The number of esters is 1. The number of carbonyl (C=O) groups is 2. The second kappa shape index (κ2) is 10.1. The van der Waals surface area contributed by atoms with E-state index in [1.165, 1.54) is 17.5 Å². The van der Waals surface area contributed by atoms with E-state index in [2.05, 4.69) is 15.0 Å². The van der Waals surface area contributed by atoms with Crippen molar-refractivity contribution in [1.82, 2.24) is 14.9 Å². The minimum absolute atomic E-state index is 0.112. The van der Waals surface area contributed by atoms with Crippen molar-refractivity contribution in [3.05, 3.63) is 46.9 Å². The van der Waals surface area contributed by atoms with Gasteiger partial charge in [-0.1, -0.05) is 6.08 Å². The molecule has 12 heteroatoms. The van der Waals surface area contributed by atoms with Gasteiger partial charge in [0.15, 0.2) is 9.84 Å². The van der Waals surface area contributed by atoms with Crippen LogP contribution in [0.3, 0.4) is 0 Å². The number of fused-ring (bicyclic) bond motifs is 1. The average Bonchev–Trinajstić information content (AvgIpc) is 3.42. The van der Waals surface area contributed by atoms with E-state index in [-0.39, 0.29) is 30.4 Å². The predicted molar refractivity (Wildman–Crippen MR) is 135 cm³/mol. The molecule has 0 aromatic carbocycles. The van der Waals surface area contributed by atoms with Crippen LogP contribution in [0.4, 0.5) is 4.79 Å². The monoisotopic (exact) mass is 530 g/mol. The van der Waals surface area contributed by atoms with E-state index in [4.69, 9.17) is 14.2 Å². The molecule has 1 aliphatic carbocycles. The fourth-order valence-electron chi connectivity index (χ4n) is 4.21. The molecule has 4 rings (SSSR count). The van der Waals surface area contributed by atoms with Crippen molar-refractivity contribution in [2.24, 2.45) is 4.99 Å². The van der Waals surface area contributed by atoms with Gasteiger partial charge in [0.05, 0.1) is 29.5 Å². The zero-order valence-electron chi connectivity index (χ0n) is 21.4. The quantitative estimate of drug-likeness (QED) is 0.508. The predicted octanol–water partition coefficient (Wildman–Crippen LogP) is 2.85. The lowest BCUT2D eigenvalue weighted by molar-refractivity contribution is -0.148. The summed E-state index contributed by atoms with van der Waals surface area (Å²) in [5.74, 6) is -0.282. The van der Waals surface area contributed by atoms with Crippen LogP contribution in [0.1, 0.15) is 46.2 Å². The Morgan fingerprint density at radius 3 is 2.62 bits per heavy atom. The van der Waals surface area contributed by atoms with Gasteiger partial charge in [-0.05, 0) is 33.8 Å². The second-order valence-electron chi connectivity index (χ2n) is 9.88. The molecule has 198 valence electrons. The van der Waals surface area contributed by atoms with Gasteiger partial charge < -0.3 is 14.2 Å². The van der Waals surface area contributed by atoms with Gasteiger partial charge in [0.2, 0.25) is 5.88 Å². The average molecular weight is 531 g/mol. The zero-order chi connectivity index (χ0) is 27.0. The minimum Gasteiger partial charge on any atom is -0.472 e. The summed E-state index contributed by atoms with van der Waals surface area (Å²) in [4.78, 5) is 39.8. The molecule has 2 unspecified atom stereocenters. The number of likely N-dealkylation sites (tertiary alicyclic amines) is 1. The maximum Gasteiger partial charge on any atom is 0.411 e. The van der Waals surface area contributed by atoms with Crippen molar-refractivity contribution < 1.29 is 32.2 Å². The number of nitrogens with zero attached hydrogens (tertiary/aromatic N) is 4. The van der Waals surface area contributed by atoms with Crippen LogP contribution in [-0.2, 0) is 24.1 Å². The first-order valence-corrected chi connectivity index (χ1v) is 13.8. The normalized spacial score (nSPS) is 21.4. The number of aliphatic imine (C=N–C) groups is 1. The van der Waals surface area contributed by atoms with Crippen LogP contribution in [0.5, 0.6) is 5.88 Å². The topological polar surface area (TPSA) is 137 Å². The first-order valence-electron chi connectivity index (χ1n) is 11.9. The Morgan fingerprint density at radius 2 is 1.95 bits per heavy atom. The number of allylic oxidation sites excluding steroid dienone is 4. The number of ether oxygens (including phenoxy) is 3. The maximum atomic E-state index is 12.8. The number of aromatic nitrogens is 2. The molecule has 1 aromatic heterocycles. The fourth-order valence-corrected chi connectivity index (χ4v) is 4.93. The third-order valence-electron chi connectivity index (χ3n) is 5.82. The Kier molecular flexibility index (Phi) is 7.22. The highest BCUT2D eigenvalue weighted by atomic mass is 32.2. The second-order valence-corrected chi connectivity index (χ2v) is 11.9. The molecule has 0 saturated carbocycles. The summed E-state index contributed by atoms with van der Waals surface area (Å²) < 4.78 is 40.8. The number of amides is 1. The minimum atomic E-state index is -3.37. The summed E-state index contributed by atoms with van der Waals surface area (Å²) in [5, 5.41) is 0. The molecule has 1 amide bonds. The fraction of sp³-hybridized carbons (Fsp3) is 0.480. The standard InChI is InChI=1S/C25H30N4O7S/c1-6-34-23(30)21-9-15(13-29(21)24(31)36-25(2,3)4)35-22-11-20(27-14-28-22)18-12-26-19-8-7-16(10-17(18)19)37(5,32)33/h7,10-12,14-15,21H,6,8-9,13H2,1-5H3. The van der Waals surface area contributed by atoms with Crippen LogP contribution in [0.25, 0.3) is 5.57 Å². The van der Waals surface area contributed by atoms with E-state index in [0.29, 0.717) is 23.3 Å². The largest absolute Gasteiger partial charge is 0.472 e. The molecule has 1 fully saturated rings. The van der Waals surface area contributed by atoms with Crippen LogP contribution < -0.4 is 4.74 Å². The van der Waals surface area contributed by atoms with Crippen molar-refractivity contribution in [1.29, 1.82) is 0 Å². The Hall–Kier alpha value is -3.54. The van der Waals surface area contributed by atoms with Crippen LogP contribution in [0.2, 0.25) is 0 Å². The van der Waals surface area contributed by atoms with Crippen LogP contribution in [-0.4, -0.2) is 78.2 Å². The zero-order valence-corrected chi connectivity index (χ0v) is 22.2. The number of sulfone groups is 1. The lowest BCUT2D eigenvalue weighted by atomic mass is 9.95. The Labute approximate surface area is 215 Å². The van der Waals surface area contributed by atoms with Crippen molar-refractivity contribution >= 4 is 33.2 Å². The van der Waals surface area contributed by atoms with Gasteiger partial charge in [0.1, 0.15) is 24.1 Å². The molecule has 0 bridgehead atoms. The van der Waals surface area contributed by atoms with Gasteiger partial charge in [0, 0.05) is 42.5 Å². The molecule has 3 heterocycles. The van der Waals surface area contributed by atoms with E-state index in [0.717, 1.165) is 5.71 Å². The maximum absolute atomic E-state index is 12.8. The van der Waals surface area contributed by atoms with Crippen LogP contribution in [0.15, 0.2) is 46.2 Å². The highest BCUT2D eigenvalue weighted by Crippen LogP contribution is 2.35. The summed E-state index contributed by atoms with van der Waals surface area (Å²) in [6, 6.07) is 0.780. The van der Waals surface area contributed by atoms with E-state index in [9.17, 15) is 18.0 Å². The number of carbonyl (C=O) groups excluding carboxylic acids is 2. The summed E-state index contributed by atoms with van der Waals surface area (Å²) >= 11 is 0. The summed E-state index contributed by atoms with van der Waals surface area (Å²) in [6.45, 7) is 7.25. The Bertz CT molecular complexity index is 1340. The van der Waals surface area contributed by atoms with E-state index < -0.39 is 39.6 Å². The third kappa shape index (κ3) is 6.07. The van der Waals surface area contributed by atoms with E-state index in [1.807, 2.05) is 0 Å². The van der Waals surface area contributed by atoms with Gasteiger partial charge in [-0.25, -0.2) is 28.0 Å². The Morgan fingerprint density at radius 1 is 1.19 bits per heavy atom. The van der Waals surface area contributed by atoms with Gasteiger partial charge in [-0.2, -0.15) is 0 Å². The van der Waals surface area contributed by atoms with Gasteiger partial charge in [0.25, 0.3) is 0 Å². The lowest BCUT2D eigenvalue weighted by Gasteiger charge is -2.27. The lowest BCUT2D eigenvalue weighted by Crippen LogP contribution is -2.44. The third-order valence-corrected chi connectivity index (χ3v) is 6.96. The van der Waals surface area contributed by atoms with Crippen molar-refractivity contribution in [3.8, 4) is 5.88 Å². The molecular weight excluding hydrogens is 500 g/mol. The first kappa shape index (κ1) is 26.5. The smallest absolute Gasteiger partial charge is 0.411 e. The van der Waals surface area contributed by atoms with Gasteiger partial charge in [-0.3, -0.25) is 9.89 Å². The van der Waals surface area contributed by atoms with E-state index in [1.54, 1.807) is 52.1 Å². The molecular formula is C25H30N4O7S. The molecule has 2 aliphatic heterocycles. The van der Waals surface area contributed by atoms with Gasteiger partial charge in [-0.15, -0.1) is 0 Å². The molecule has 3 aliphatic rings. The molecule has 0 radical (unpaired) electrons. The Balaban J connectivity index is 1.52. The molecule has 2 atom stereocenters. The highest BCUT2D eigenvalue weighted by Gasteiger charge is 2.43. The highest BCUT2D eigenvalue weighted by molar-refractivity contribution is 7.94. The number of hydrogen-bond donors (Lipinski definition) is 0. The van der Waals surface area contributed by atoms with Crippen LogP contribution in [0, 0.1) is 0 Å². The van der Waals surface area contributed by atoms with Crippen LogP contribution >= 0.6 is 0 Å². The van der Waals surface area contributed by atoms with Gasteiger partial charge >= 0.3 is 12.1 Å². The molecule has 11 nitrogen and oxygen atoms in total. The first-order chi connectivity index (χ1) is 17.4. The molecule has 0 spiro atoms. The molecule has 1 aromatic rings. The molecule has 37 heavy (non-hydrogen) atoms. The van der Waals surface area contributed by atoms with Crippen molar-refractivity contribution in [2.75, 3.05) is 19.4 Å². The van der Waals surface area contributed by atoms with Crippen molar-refractivity contribution in [3.63, 3.8) is 0 Å². The summed E-state index contributed by atoms with van der Waals surface area (Å²) in [7, 11) is -3.37. The molecule has 0 N–H and O–H groups in total. The summed E-state index contributed by atoms with van der Waals surface area (Å²) in [6.07, 6.45) is 6.83. The number of hydrogen-bond acceptors (Lipinski definition) is 10. The van der Waals surface area contributed by atoms with Crippen molar-refractivity contribution in [2.45, 2.75) is 58.3 Å².